The van der Waals surface area contributed by atoms with E-state index in [1.165, 1.54) is 6.07 Å². The molecule has 1 saturated heterocycles. The van der Waals surface area contributed by atoms with Crippen LogP contribution in [0.5, 0.6) is 0 Å². The summed E-state index contributed by atoms with van der Waals surface area (Å²) >= 11 is 1.54. The first-order valence-corrected chi connectivity index (χ1v) is 8.98. The summed E-state index contributed by atoms with van der Waals surface area (Å²) in [6, 6.07) is 5.30. The number of hydrogen-bond donors (Lipinski definition) is 1. The fourth-order valence-corrected chi connectivity index (χ4v) is 3.34. The van der Waals surface area contributed by atoms with Gasteiger partial charge in [-0.3, -0.25) is 4.99 Å². The number of nitrogens with one attached hydrogen (secondary N) is 1. The van der Waals surface area contributed by atoms with Gasteiger partial charge in [0.2, 0.25) is 0 Å². The number of benzene rings is 1. The smallest absolute Gasteiger partial charge is 0.370 e. The molecule has 9 heteroatoms. The molecule has 0 bridgehead atoms. The average molecular weight is 384 g/mol. The number of hydrogen-bond acceptors (Lipinski definition) is 4. The quantitative estimate of drug-likeness (QED) is 0.652. The maximum absolute atomic E-state index is 12.9. The maximum Gasteiger partial charge on any atom is 0.416 e. The van der Waals surface area contributed by atoms with E-state index in [1.54, 1.807) is 30.6 Å². The molecule has 1 fully saturated rings. The summed E-state index contributed by atoms with van der Waals surface area (Å²) < 4.78 is 44.5. The lowest BCUT2D eigenvalue weighted by molar-refractivity contribution is -0.137. The molecule has 3 rings (SSSR count). The second-order valence-corrected chi connectivity index (χ2v) is 6.73. The first-order valence-electron chi connectivity index (χ1n) is 8.10. The second kappa shape index (κ2) is 8.05. The van der Waals surface area contributed by atoms with Crippen LogP contribution in [0.4, 0.5) is 13.2 Å². The van der Waals surface area contributed by atoms with Crippen molar-refractivity contribution in [3.8, 4) is 0 Å². The fraction of sp³-hybridized carbons (Fsp3) is 0.412. The van der Waals surface area contributed by atoms with Gasteiger partial charge in [0.25, 0.3) is 0 Å². The highest BCUT2D eigenvalue weighted by atomic mass is 32.1. The van der Waals surface area contributed by atoms with Gasteiger partial charge in [-0.05, 0) is 17.7 Å². The number of halogens is 3. The molecule has 0 amide bonds. The monoisotopic (exact) mass is 384 g/mol. The average Bonchev–Trinajstić information content (AvgIpc) is 3.15. The lowest BCUT2D eigenvalue weighted by Gasteiger charge is -2.35. The highest BCUT2D eigenvalue weighted by Crippen LogP contribution is 2.32. The predicted molar refractivity (Wildman–Crippen MR) is 94.0 cm³/mol. The second-order valence-electron chi connectivity index (χ2n) is 5.76. The lowest BCUT2D eigenvalue weighted by Crippen LogP contribution is -2.48. The van der Waals surface area contributed by atoms with Crippen LogP contribution >= 0.6 is 11.3 Å². The van der Waals surface area contributed by atoms with Gasteiger partial charge in [-0.15, -0.1) is 11.3 Å². The normalized spacial score (nSPS) is 18.8. The van der Waals surface area contributed by atoms with Gasteiger partial charge >= 0.3 is 6.18 Å². The molecule has 0 radical (unpaired) electrons. The largest absolute Gasteiger partial charge is 0.416 e. The molecule has 2 aromatic rings. The Labute approximate surface area is 153 Å². The molecule has 140 valence electrons. The van der Waals surface area contributed by atoms with Gasteiger partial charge in [-0.25, -0.2) is 4.98 Å². The lowest BCUT2D eigenvalue weighted by atomic mass is 10.0. The summed E-state index contributed by atoms with van der Waals surface area (Å²) in [5, 5.41) is 6.08. The number of aromatic nitrogens is 1. The maximum atomic E-state index is 12.9. The summed E-state index contributed by atoms with van der Waals surface area (Å²) in [5.74, 6) is 0.681. The van der Waals surface area contributed by atoms with Crippen molar-refractivity contribution in [1.82, 2.24) is 15.2 Å². The molecule has 0 aliphatic carbocycles. The van der Waals surface area contributed by atoms with Gasteiger partial charge < -0.3 is 15.0 Å². The van der Waals surface area contributed by atoms with Crippen LogP contribution in [0.3, 0.4) is 0 Å². The van der Waals surface area contributed by atoms with Crippen molar-refractivity contribution < 1.29 is 17.9 Å². The van der Waals surface area contributed by atoms with E-state index in [0.717, 1.165) is 17.1 Å². The van der Waals surface area contributed by atoms with E-state index < -0.39 is 17.8 Å². The Balaban J connectivity index is 1.68. The number of rotatable bonds is 3. The Bertz CT molecular complexity index is 749. The first kappa shape index (κ1) is 18.7. The van der Waals surface area contributed by atoms with Crippen LogP contribution in [-0.2, 0) is 17.5 Å². The summed E-state index contributed by atoms with van der Waals surface area (Å²) in [5.41, 5.74) is -0.151. The Morgan fingerprint density at radius 2 is 2.31 bits per heavy atom. The van der Waals surface area contributed by atoms with Gasteiger partial charge in [0.1, 0.15) is 11.1 Å². The van der Waals surface area contributed by atoms with Crippen molar-refractivity contribution in [2.45, 2.75) is 18.8 Å². The Kier molecular flexibility index (Phi) is 5.77. The number of alkyl halides is 3. The number of nitrogens with zero attached hydrogens (tertiary/aromatic N) is 3. The molecule has 1 unspecified atom stereocenters. The van der Waals surface area contributed by atoms with Crippen LogP contribution in [0, 0.1) is 0 Å². The molecule has 1 N–H and O–H groups in total. The molecule has 1 aliphatic rings. The molecule has 1 atom stereocenters. The van der Waals surface area contributed by atoms with Crippen LogP contribution in [-0.4, -0.2) is 42.6 Å². The minimum absolute atomic E-state index is 0.416. The predicted octanol–water partition coefficient (Wildman–Crippen LogP) is 3.31. The van der Waals surface area contributed by atoms with Gasteiger partial charge in [-0.2, -0.15) is 13.2 Å². The van der Waals surface area contributed by atoms with E-state index in [1.807, 2.05) is 10.3 Å². The highest BCUT2D eigenvalue weighted by molar-refractivity contribution is 7.09. The van der Waals surface area contributed by atoms with Gasteiger partial charge in [0.15, 0.2) is 5.96 Å². The van der Waals surface area contributed by atoms with Crippen molar-refractivity contribution in [1.29, 1.82) is 0 Å². The minimum Gasteiger partial charge on any atom is -0.370 e. The van der Waals surface area contributed by atoms with Crippen LogP contribution in [0.25, 0.3) is 0 Å². The van der Waals surface area contributed by atoms with Crippen molar-refractivity contribution >= 4 is 17.3 Å². The third-order valence-electron chi connectivity index (χ3n) is 4.04. The zero-order valence-electron chi connectivity index (χ0n) is 14.2. The highest BCUT2D eigenvalue weighted by Gasteiger charge is 2.32. The molecule has 0 spiro atoms. The van der Waals surface area contributed by atoms with Crippen LogP contribution < -0.4 is 5.32 Å². The summed E-state index contributed by atoms with van der Waals surface area (Å²) in [4.78, 5) is 10.5. The standard InChI is InChI=1S/C17H19F3N4OS/c1-21-16(23-10-15-22-5-8-26-15)24-6-7-25-14(11-24)12-3-2-4-13(9-12)17(18,19)20/h2-5,8-9,14H,6-7,10-11H2,1H3,(H,21,23). The van der Waals surface area contributed by atoms with Gasteiger partial charge in [-0.1, -0.05) is 12.1 Å². The fourth-order valence-electron chi connectivity index (χ4n) is 2.79. The van der Waals surface area contributed by atoms with Crippen molar-refractivity contribution in [2.24, 2.45) is 4.99 Å². The van der Waals surface area contributed by atoms with Crippen LogP contribution in [0.2, 0.25) is 0 Å². The molecule has 2 heterocycles. The molecule has 1 aromatic carbocycles. The molecule has 1 aromatic heterocycles. The van der Waals surface area contributed by atoms with Gasteiger partial charge in [0, 0.05) is 25.2 Å². The summed E-state index contributed by atoms with van der Waals surface area (Å²) in [7, 11) is 1.68. The Morgan fingerprint density at radius 3 is 3.00 bits per heavy atom. The van der Waals surface area contributed by atoms with Crippen molar-refractivity contribution in [3.63, 3.8) is 0 Å². The van der Waals surface area contributed by atoms with E-state index >= 15 is 0 Å². The molecule has 26 heavy (non-hydrogen) atoms. The third kappa shape index (κ3) is 4.53. The number of ether oxygens (including phenoxy) is 1. The molecule has 1 aliphatic heterocycles. The third-order valence-corrected chi connectivity index (χ3v) is 4.82. The molecule has 0 saturated carbocycles. The number of morpholine rings is 1. The number of aliphatic imine (C=N–C) groups is 1. The van der Waals surface area contributed by atoms with Crippen molar-refractivity contribution in [2.75, 3.05) is 26.7 Å². The Morgan fingerprint density at radius 1 is 1.46 bits per heavy atom. The topological polar surface area (TPSA) is 49.8 Å². The number of guanidine groups is 1. The zero-order valence-corrected chi connectivity index (χ0v) is 15.0. The minimum atomic E-state index is -4.37. The van der Waals surface area contributed by atoms with Crippen LogP contribution in [0.15, 0.2) is 40.8 Å². The summed E-state index contributed by atoms with van der Waals surface area (Å²) in [6.07, 6.45) is -3.07. The first-order chi connectivity index (χ1) is 12.5. The van der Waals surface area contributed by atoms with E-state index in [2.05, 4.69) is 15.3 Å². The van der Waals surface area contributed by atoms with E-state index in [0.29, 0.717) is 37.8 Å². The van der Waals surface area contributed by atoms with E-state index in [9.17, 15) is 13.2 Å². The van der Waals surface area contributed by atoms with Crippen molar-refractivity contribution in [3.05, 3.63) is 52.0 Å². The van der Waals surface area contributed by atoms with Gasteiger partial charge in [0.05, 0.1) is 25.3 Å². The molecular formula is C17H19F3N4OS. The van der Waals surface area contributed by atoms with Crippen LogP contribution in [0.1, 0.15) is 22.2 Å². The Hall–Kier alpha value is -2.13. The molecule has 5 nitrogen and oxygen atoms in total. The zero-order chi connectivity index (χ0) is 18.6. The number of thiazole rings is 1. The van der Waals surface area contributed by atoms with E-state index in [4.69, 9.17) is 4.74 Å². The summed E-state index contributed by atoms with van der Waals surface area (Å²) in [6.45, 7) is 2.01. The van der Waals surface area contributed by atoms with E-state index in [-0.39, 0.29) is 0 Å². The molecular weight excluding hydrogens is 365 g/mol. The SMILES string of the molecule is CN=C(NCc1nccs1)N1CCOC(c2cccc(C(F)(F)F)c2)C1.